The molecule has 0 saturated carbocycles. The van der Waals surface area contributed by atoms with E-state index < -0.39 is 41.9 Å². The van der Waals surface area contributed by atoms with Crippen LogP contribution < -0.4 is 22.2 Å². The highest BCUT2D eigenvalue weighted by Gasteiger charge is 2.49. The van der Waals surface area contributed by atoms with Gasteiger partial charge in [0.05, 0.1) is 6.21 Å². The Morgan fingerprint density at radius 1 is 1.31 bits per heavy atom. The van der Waals surface area contributed by atoms with Crippen LogP contribution in [0.3, 0.4) is 0 Å². The van der Waals surface area contributed by atoms with Crippen LogP contribution in [-0.4, -0.2) is 59.2 Å². The second-order valence-electron chi connectivity index (χ2n) is 6.10. The second-order valence-corrected chi connectivity index (χ2v) is 6.10. The zero-order valence-electron chi connectivity index (χ0n) is 15.3. The standard InChI is InChI=1S/C16H20N6O5.2ClH/c1-16(10-4-2-9(3-5-10)6-20-18)14(26)22(15(27)21-16)8-12(23)19-7-11(17)13(24)25;;/h2-6,11H,7-8,17-18H2,1H3,(H,19,23)(H,21,27)(H,24,25);2*1H. The van der Waals surface area contributed by atoms with Gasteiger partial charge in [-0.3, -0.25) is 19.3 Å². The van der Waals surface area contributed by atoms with Crippen LogP contribution in [0.1, 0.15) is 18.1 Å². The summed E-state index contributed by atoms with van der Waals surface area (Å²) >= 11 is 0. The van der Waals surface area contributed by atoms with Crippen molar-refractivity contribution < 1.29 is 24.3 Å². The Morgan fingerprint density at radius 3 is 2.41 bits per heavy atom. The van der Waals surface area contributed by atoms with Gasteiger partial charge in [0, 0.05) is 6.54 Å². The van der Waals surface area contributed by atoms with Crippen LogP contribution in [0.25, 0.3) is 0 Å². The molecule has 0 radical (unpaired) electrons. The minimum absolute atomic E-state index is 0. The van der Waals surface area contributed by atoms with Gasteiger partial charge >= 0.3 is 12.0 Å². The summed E-state index contributed by atoms with van der Waals surface area (Å²) in [4.78, 5) is 48.2. The molecule has 1 aliphatic rings. The van der Waals surface area contributed by atoms with Gasteiger partial charge in [0.25, 0.3) is 5.91 Å². The molecule has 2 rings (SSSR count). The molecular formula is C16H22Cl2N6O5. The minimum Gasteiger partial charge on any atom is -0.480 e. The summed E-state index contributed by atoms with van der Waals surface area (Å²) in [5.41, 5.74) is 5.18. The number of nitrogens with two attached hydrogens (primary N) is 2. The van der Waals surface area contributed by atoms with Gasteiger partial charge in [0.1, 0.15) is 18.1 Å². The third-order valence-corrected chi connectivity index (χ3v) is 4.12. The van der Waals surface area contributed by atoms with Crippen LogP contribution in [0.2, 0.25) is 0 Å². The molecule has 0 bridgehead atoms. The number of rotatable bonds is 7. The molecule has 160 valence electrons. The van der Waals surface area contributed by atoms with Crippen molar-refractivity contribution in [2.45, 2.75) is 18.5 Å². The maximum Gasteiger partial charge on any atom is 0.325 e. The number of carbonyl (C=O) groups is 4. The molecule has 13 heteroatoms. The number of carboxylic acids is 1. The summed E-state index contributed by atoms with van der Waals surface area (Å²) in [7, 11) is 0. The smallest absolute Gasteiger partial charge is 0.325 e. The van der Waals surface area contributed by atoms with Crippen LogP contribution in [0.15, 0.2) is 29.4 Å². The van der Waals surface area contributed by atoms with E-state index in [0.717, 1.165) is 4.90 Å². The molecule has 2 atom stereocenters. The molecule has 7 N–H and O–H groups in total. The first-order valence-corrected chi connectivity index (χ1v) is 7.92. The van der Waals surface area contributed by atoms with Crippen LogP contribution in [0, 0.1) is 0 Å². The van der Waals surface area contributed by atoms with Crippen molar-refractivity contribution in [3.05, 3.63) is 35.4 Å². The van der Waals surface area contributed by atoms with Gasteiger partial charge in [-0.25, -0.2) is 4.79 Å². The van der Waals surface area contributed by atoms with Gasteiger partial charge in [0.15, 0.2) is 0 Å². The Balaban J connectivity index is 0.00000392. The molecule has 1 aliphatic heterocycles. The number of hydrogen-bond acceptors (Lipinski definition) is 7. The number of imide groups is 1. The number of amides is 4. The van der Waals surface area contributed by atoms with E-state index in [4.69, 9.17) is 16.7 Å². The molecule has 2 unspecified atom stereocenters. The zero-order chi connectivity index (χ0) is 20.2. The average molecular weight is 449 g/mol. The van der Waals surface area contributed by atoms with Crippen molar-refractivity contribution in [1.29, 1.82) is 0 Å². The number of carbonyl (C=O) groups excluding carboxylic acids is 3. The summed E-state index contributed by atoms with van der Waals surface area (Å²) in [5.74, 6) is 2.50. The normalized spacial score (nSPS) is 19.2. The lowest BCUT2D eigenvalue weighted by atomic mass is 9.91. The van der Waals surface area contributed by atoms with Crippen molar-refractivity contribution in [1.82, 2.24) is 15.5 Å². The lowest BCUT2D eigenvalue weighted by molar-refractivity contribution is -0.139. The predicted molar refractivity (Wildman–Crippen MR) is 109 cm³/mol. The maximum absolute atomic E-state index is 12.7. The summed E-state index contributed by atoms with van der Waals surface area (Å²) in [6.45, 7) is 0.654. The van der Waals surface area contributed by atoms with Crippen LogP contribution in [-0.2, 0) is 19.9 Å². The number of carboxylic acid groups (broad SMARTS) is 1. The van der Waals surface area contributed by atoms with Crippen molar-refractivity contribution in [3.8, 4) is 0 Å². The minimum atomic E-state index is -1.34. The lowest BCUT2D eigenvalue weighted by Crippen LogP contribution is -2.47. The zero-order valence-corrected chi connectivity index (χ0v) is 17.0. The van der Waals surface area contributed by atoms with Crippen LogP contribution in [0.4, 0.5) is 4.79 Å². The summed E-state index contributed by atoms with van der Waals surface area (Å²) in [6.07, 6.45) is 1.43. The molecule has 0 aromatic heterocycles. The van der Waals surface area contributed by atoms with E-state index in [-0.39, 0.29) is 31.4 Å². The van der Waals surface area contributed by atoms with E-state index in [1.165, 1.54) is 13.1 Å². The number of aliphatic carboxylic acids is 1. The molecule has 1 heterocycles. The number of halogens is 2. The highest BCUT2D eigenvalue weighted by molar-refractivity contribution is 6.09. The van der Waals surface area contributed by atoms with Gasteiger partial charge in [-0.2, -0.15) is 5.10 Å². The topological polar surface area (TPSA) is 180 Å². The van der Waals surface area contributed by atoms with Crippen LogP contribution >= 0.6 is 24.8 Å². The van der Waals surface area contributed by atoms with E-state index in [2.05, 4.69) is 15.7 Å². The van der Waals surface area contributed by atoms with Gasteiger partial charge in [-0.05, 0) is 18.1 Å². The highest BCUT2D eigenvalue weighted by Crippen LogP contribution is 2.28. The van der Waals surface area contributed by atoms with Gasteiger partial charge in [0.2, 0.25) is 5.91 Å². The molecule has 29 heavy (non-hydrogen) atoms. The number of benzene rings is 1. The van der Waals surface area contributed by atoms with E-state index in [1.54, 1.807) is 24.3 Å². The van der Waals surface area contributed by atoms with Crippen molar-refractivity contribution in [2.24, 2.45) is 16.7 Å². The average Bonchev–Trinajstić information content (AvgIpc) is 2.84. The lowest BCUT2D eigenvalue weighted by Gasteiger charge is -2.22. The molecule has 1 fully saturated rings. The molecule has 11 nitrogen and oxygen atoms in total. The van der Waals surface area contributed by atoms with Gasteiger partial charge in [-0.15, -0.1) is 24.8 Å². The van der Waals surface area contributed by atoms with E-state index in [1.807, 2.05) is 0 Å². The fraction of sp³-hybridized carbons (Fsp3) is 0.312. The fourth-order valence-electron chi connectivity index (χ4n) is 2.54. The van der Waals surface area contributed by atoms with Gasteiger partial charge < -0.3 is 27.3 Å². The number of urea groups is 1. The number of hydrogen-bond donors (Lipinski definition) is 5. The fourth-order valence-corrected chi connectivity index (χ4v) is 2.54. The first kappa shape index (κ1) is 26.1. The Hall–Kier alpha value is -2.89. The van der Waals surface area contributed by atoms with Crippen molar-refractivity contribution in [3.63, 3.8) is 0 Å². The summed E-state index contributed by atoms with van der Waals surface area (Å²) in [6, 6.07) is 4.64. The Kier molecular flexibility index (Phi) is 9.54. The molecular weight excluding hydrogens is 427 g/mol. The van der Waals surface area contributed by atoms with Gasteiger partial charge in [-0.1, -0.05) is 24.3 Å². The van der Waals surface area contributed by atoms with E-state index in [9.17, 15) is 19.2 Å². The first-order valence-electron chi connectivity index (χ1n) is 7.92. The third-order valence-electron chi connectivity index (χ3n) is 4.12. The largest absolute Gasteiger partial charge is 0.480 e. The summed E-state index contributed by atoms with van der Waals surface area (Å²) in [5, 5.41) is 16.9. The first-order chi connectivity index (χ1) is 12.7. The molecule has 4 amide bonds. The van der Waals surface area contributed by atoms with E-state index in [0.29, 0.717) is 11.1 Å². The van der Waals surface area contributed by atoms with Crippen LogP contribution in [0.5, 0.6) is 0 Å². The molecule has 1 aromatic rings. The van der Waals surface area contributed by atoms with E-state index >= 15 is 0 Å². The quantitative estimate of drug-likeness (QED) is 0.155. The number of nitrogens with zero attached hydrogens (tertiary/aromatic N) is 2. The Labute approximate surface area is 178 Å². The SMILES string of the molecule is CC1(c2ccc(C=NN)cc2)NC(=O)N(CC(=O)NCC(N)C(=O)O)C1=O.Cl.Cl. The second kappa shape index (κ2) is 10.6. The molecule has 1 aromatic carbocycles. The molecule has 1 saturated heterocycles. The highest BCUT2D eigenvalue weighted by atomic mass is 35.5. The predicted octanol–water partition coefficient (Wildman–Crippen LogP) is -0.882. The molecule has 0 aliphatic carbocycles. The molecule has 0 spiro atoms. The monoisotopic (exact) mass is 448 g/mol. The number of nitrogens with one attached hydrogen (secondary N) is 2. The third kappa shape index (κ3) is 5.79. The number of hydrazone groups is 1. The Bertz CT molecular complexity index is 803. The maximum atomic E-state index is 12.7. The van der Waals surface area contributed by atoms with Crippen molar-refractivity contribution in [2.75, 3.05) is 13.1 Å². The van der Waals surface area contributed by atoms with Crippen molar-refractivity contribution >= 4 is 54.8 Å². The Morgan fingerprint density at radius 2 is 1.90 bits per heavy atom. The summed E-state index contributed by atoms with van der Waals surface area (Å²) < 4.78 is 0.